The number of amides is 1. The fourth-order valence-corrected chi connectivity index (χ4v) is 2.87. The van der Waals surface area contributed by atoms with E-state index in [1.165, 1.54) is 11.3 Å². The molecule has 88 valence electrons. The van der Waals surface area contributed by atoms with E-state index in [-0.39, 0.29) is 5.91 Å². The van der Waals surface area contributed by atoms with Gasteiger partial charge in [-0.2, -0.15) is 0 Å². The Morgan fingerprint density at radius 2 is 2.24 bits per heavy atom. The predicted molar refractivity (Wildman–Crippen MR) is 74.6 cm³/mol. The Kier molecular flexibility index (Phi) is 4.20. The largest absolute Gasteiger partial charge is 0.347 e. The molecule has 5 heteroatoms. The molecule has 2 aromatic rings. The minimum atomic E-state index is -0.134. The number of nitrogens with one attached hydrogen (secondary N) is 1. The van der Waals surface area contributed by atoms with Crippen LogP contribution in [0.15, 0.2) is 40.2 Å². The quantitative estimate of drug-likeness (QED) is 0.902. The molecule has 0 spiro atoms. The van der Waals surface area contributed by atoms with Crippen molar-refractivity contribution in [3.05, 3.63) is 55.6 Å². The van der Waals surface area contributed by atoms with Crippen LogP contribution in [-0.2, 0) is 6.54 Å². The fourth-order valence-electron chi connectivity index (χ4n) is 1.37. The average Bonchev–Trinajstić information content (AvgIpc) is 2.72. The van der Waals surface area contributed by atoms with Gasteiger partial charge in [0, 0.05) is 11.0 Å². The van der Waals surface area contributed by atoms with Gasteiger partial charge in [0.05, 0.1) is 5.02 Å². The summed E-state index contributed by atoms with van der Waals surface area (Å²) < 4.78 is 0.999. The molecule has 17 heavy (non-hydrogen) atoms. The third kappa shape index (κ3) is 3.31. The topological polar surface area (TPSA) is 29.1 Å². The van der Waals surface area contributed by atoms with E-state index < -0.39 is 0 Å². The molecule has 0 atom stereocenters. The van der Waals surface area contributed by atoms with Gasteiger partial charge in [-0.15, -0.1) is 11.3 Å². The molecule has 0 aliphatic rings. The van der Waals surface area contributed by atoms with Gasteiger partial charge in [-0.3, -0.25) is 4.79 Å². The molecule has 0 bridgehead atoms. The van der Waals surface area contributed by atoms with Crippen LogP contribution in [0.3, 0.4) is 0 Å². The van der Waals surface area contributed by atoms with Crippen LogP contribution in [0.1, 0.15) is 15.2 Å². The highest BCUT2D eigenvalue weighted by molar-refractivity contribution is 9.10. The van der Waals surface area contributed by atoms with Crippen molar-refractivity contribution in [1.29, 1.82) is 0 Å². The summed E-state index contributed by atoms with van der Waals surface area (Å²) >= 11 is 10.6. The number of thiophene rings is 1. The maximum absolute atomic E-state index is 11.8. The molecule has 1 aromatic heterocycles. The van der Waals surface area contributed by atoms with Gasteiger partial charge < -0.3 is 5.32 Å². The van der Waals surface area contributed by atoms with Gasteiger partial charge in [0.25, 0.3) is 5.91 Å². The molecule has 0 unspecified atom stereocenters. The molecule has 2 rings (SSSR count). The standard InChI is InChI=1S/C12H9BrClNOS/c13-9-3-1-2-8(6-9)7-15-12(16)11-10(14)4-5-17-11/h1-6H,7H2,(H,15,16). The second-order valence-electron chi connectivity index (χ2n) is 3.41. The summed E-state index contributed by atoms with van der Waals surface area (Å²) in [5, 5.41) is 5.14. The molecule has 1 amide bonds. The zero-order valence-corrected chi connectivity index (χ0v) is 11.9. The average molecular weight is 331 g/mol. The Hall–Kier alpha value is -0.840. The van der Waals surface area contributed by atoms with Crippen molar-refractivity contribution in [3.63, 3.8) is 0 Å². The van der Waals surface area contributed by atoms with Crippen molar-refractivity contribution in [3.8, 4) is 0 Å². The summed E-state index contributed by atoms with van der Waals surface area (Å²) in [5.74, 6) is -0.134. The molecule has 1 N–H and O–H groups in total. The number of carbonyl (C=O) groups is 1. The lowest BCUT2D eigenvalue weighted by atomic mass is 10.2. The second-order valence-corrected chi connectivity index (χ2v) is 5.65. The molecule has 0 fully saturated rings. The third-order valence-electron chi connectivity index (χ3n) is 2.17. The van der Waals surface area contributed by atoms with E-state index in [9.17, 15) is 4.79 Å². The summed E-state index contributed by atoms with van der Waals surface area (Å²) in [4.78, 5) is 12.3. The van der Waals surface area contributed by atoms with Gasteiger partial charge >= 0.3 is 0 Å². The van der Waals surface area contributed by atoms with Gasteiger partial charge in [-0.1, -0.05) is 39.7 Å². The van der Waals surface area contributed by atoms with Crippen molar-refractivity contribution in [1.82, 2.24) is 5.32 Å². The van der Waals surface area contributed by atoms with Crippen molar-refractivity contribution in [2.75, 3.05) is 0 Å². The van der Waals surface area contributed by atoms with Gasteiger partial charge in [0.2, 0.25) is 0 Å². The highest BCUT2D eigenvalue weighted by Gasteiger charge is 2.10. The van der Waals surface area contributed by atoms with Crippen LogP contribution in [0.4, 0.5) is 0 Å². The summed E-state index contributed by atoms with van der Waals surface area (Å²) in [5.41, 5.74) is 1.04. The number of hydrogen-bond acceptors (Lipinski definition) is 2. The molecular formula is C12H9BrClNOS. The number of carbonyl (C=O) groups excluding carboxylic acids is 1. The van der Waals surface area contributed by atoms with Crippen LogP contribution in [0, 0.1) is 0 Å². The highest BCUT2D eigenvalue weighted by Crippen LogP contribution is 2.21. The highest BCUT2D eigenvalue weighted by atomic mass is 79.9. The van der Waals surface area contributed by atoms with E-state index in [4.69, 9.17) is 11.6 Å². The molecule has 0 radical (unpaired) electrons. The van der Waals surface area contributed by atoms with E-state index >= 15 is 0 Å². The van der Waals surface area contributed by atoms with E-state index in [0.29, 0.717) is 16.4 Å². The van der Waals surface area contributed by atoms with Crippen LogP contribution in [0.25, 0.3) is 0 Å². The first-order valence-electron chi connectivity index (χ1n) is 4.92. The smallest absolute Gasteiger partial charge is 0.263 e. The maximum Gasteiger partial charge on any atom is 0.263 e. The van der Waals surface area contributed by atoms with E-state index in [1.807, 2.05) is 24.3 Å². The lowest BCUT2D eigenvalue weighted by Gasteiger charge is -2.04. The zero-order valence-electron chi connectivity index (χ0n) is 8.74. The van der Waals surface area contributed by atoms with Crippen molar-refractivity contribution in [2.24, 2.45) is 0 Å². The molecular weight excluding hydrogens is 322 g/mol. The minimum Gasteiger partial charge on any atom is -0.347 e. The first kappa shape index (κ1) is 12.6. The lowest BCUT2D eigenvalue weighted by Crippen LogP contribution is -2.22. The number of benzene rings is 1. The maximum atomic E-state index is 11.8. The Morgan fingerprint density at radius 1 is 1.41 bits per heavy atom. The van der Waals surface area contributed by atoms with Crippen LogP contribution in [0.2, 0.25) is 5.02 Å². The Labute approximate surface area is 117 Å². The van der Waals surface area contributed by atoms with Gasteiger partial charge in [-0.05, 0) is 29.1 Å². The first-order valence-corrected chi connectivity index (χ1v) is 6.97. The van der Waals surface area contributed by atoms with Crippen molar-refractivity contribution >= 4 is 44.8 Å². The Morgan fingerprint density at radius 3 is 2.88 bits per heavy atom. The van der Waals surface area contributed by atoms with E-state index in [0.717, 1.165) is 10.0 Å². The van der Waals surface area contributed by atoms with Crippen LogP contribution < -0.4 is 5.32 Å². The Balaban J connectivity index is 1.99. The first-order chi connectivity index (χ1) is 8.16. The van der Waals surface area contributed by atoms with E-state index in [1.54, 1.807) is 11.4 Å². The van der Waals surface area contributed by atoms with Crippen molar-refractivity contribution < 1.29 is 4.79 Å². The third-order valence-corrected chi connectivity index (χ3v) is 4.00. The van der Waals surface area contributed by atoms with Crippen LogP contribution >= 0.6 is 38.9 Å². The molecule has 2 nitrogen and oxygen atoms in total. The van der Waals surface area contributed by atoms with Crippen LogP contribution in [-0.4, -0.2) is 5.91 Å². The summed E-state index contributed by atoms with van der Waals surface area (Å²) in [6.45, 7) is 0.493. The van der Waals surface area contributed by atoms with Gasteiger partial charge in [-0.25, -0.2) is 0 Å². The van der Waals surface area contributed by atoms with Gasteiger partial charge in [0.15, 0.2) is 0 Å². The summed E-state index contributed by atoms with van der Waals surface area (Å²) in [7, 11) is 0. The Bertz CT molecular complexity index is 541. The molecule has 0 saturated carbocycles. The predicted octanol–water partition coefficient (Wildman–Crippen LogP) is 4.09. The SMILES string of the molecule is O=C(NCc1cccc(Br)c1)c1sccc1Cl. The minimum absolute atomic E-state index is 0.134. The number of rotatable bonds is 3. The summed E-state index contributed by atoms with van der Waals surface area (Å²) in [6.07, 6.45) is 0. The fraction of sp³-hybridized carbons (Fsp3) is 0.0833. The molecule has 0 saturated heterocycles. The zero-order chi connectivity index (χ0) is 12.3. The molecule has 0 aliphatic carbocycles. The number of hydrogen-bond donors (Lipinski definition) is 1. The van der Waals surface area contributed by atoms with E-state index in [2.05, 4.69) is 21.2 Å². The second kappa shape index (κ2) is 5.67. The lowest BCUT2D eigenvalue weighted by molar-refractivity contribution is 0.0955. The monoisotopic (exact) mass is 329 g/mol. The number of halogens is 2. The van der Waals surface area contributed by atoms with Gasteiger partial charge in [0.1, 0.15) is 4.88 Å². The van der Waals surface area contributed by atoms with Crippen molar-refractivity contribution in [2.45, 2.75) is 6.54 Å². The summed E-state index contributed by atoms with van der Waals surface area (Å²) in [6, 6.07) is 9.53. The normalized spacial score (nSPS) is 10.2. The van der Waals surface area contributed by atoms with Crippen LogP contribution in [0.5, 0.6) is 0 Å². The molecule has 1 heterocycles. The molecule has 0 aliphatic heterocycles. The molecule has 1 aromatic carbocycles.